The molecule has 2 aliphatic heterocycles. The summed E-state index contributed by atoms with van der Waals surface area (Å²) in [6, 6.07) is 9.91. The third kappa shape index (κ3) is 2.80. The predicted molar refractivity (Wildman–Crippen MR) is 111 cm³/mol. The van der Waals surface area contributed by atoms with Crippen LogP contribution in [-0.2, 0) is 11.2 Å². The fourth-order valence-electron chi connectivity index (χ4n) is 4.43. The van der Waals surface area contributed by atoms with Gasteiger partial charge in [-0.3, -0.25) is 19.5 Å². The van der Waals surface area contributed by atoms with E-state index in [0.717, 1.165) is 16.3 Å². The molecule has 3 atom stereocenters. The maximum absolute atomic E-state index is 13.3. The number of nitrogens with one attached hydrogen (secondary N) is 1. The van der Waals surface area contributed by atoms with E-state index in [9.17, 15) is 9.59 Å². The highest BCUT2D eigenvalue weighted by molar-refractivity contribution is 7.13. The van der Waals surface area contributed by atoms with Crippen LogP contribution >= 0.6 is 11.3 Å². The monoisotopic (exact) mass is 420 g/mol. The van der Waals surface area contributed by atoms with Gasteiger partial charge in [-0.25, -0.2) is 4.98 Å². The van der Waals surface area contributed by atoms with E-state index in [1.807, 2.05) is 37.3 Å². The molecule has 0 saturated heterocycles. The number of anilines is 1. The minimum Gasteiger partial charge on any atom is -0.335 e. The summed E-state index contributed by atoms with van der Waals surface area (Å²) in [5, 5.41) is 12.2. The summed E-state index contributed by atoms with van der Waals surface area (Å²) in [4.78, 5) is 36.6. The Morgan fingerprint density at radius 3 is 2.77 bits per heavy atom. The van der Waals surface area contributed by atoms with Gasteiger partial charge in [0.1, 0.15) is 10.5 Å². The summed E-state index contributed by atoms with van der Waals surface area (Å²) in [5.41, 5.74) is 0.932. The number of carbonyl (C=O) groups is 2. The largest absolute Gasteiger partial charge is 0.335 e. The summed E-state index contributed by atoms with van der Waals surface area (Å²) in [6.07, 6.45) is 4.34. The second-order valence-electron chi connectivity index (χ2n) is 7.82. The number of amides is 2. The van der Waals surface area contributed by atoms with Crippen LogP contribution in [0.15, 0.2) is 42.7 Å². The second kappa shape index (κ2) is 6.94. The van der Waals surface area contributed by atoms with Crippen molar-refractivity contribution in [2.45, 2.75) is 31.2 Å². The first kappa shape index (κ1) is 18.8. The molecule has 1 saturated carbocycles. The number of nitrogens with zero attached hydrogens (tertiary/aromatic N) is 5. The van der Waals surface area contributed by atoms with Crippen LogP contribution in [0.4, 0.5) is 5.82 Å². The summed E-state index contributed by atoms with van der Waals surface area (Å²) >= 11 is 1.25. The van der Waals surface area contributed by atoms with E-state index in [-0.39, 0.29) is 28.7 Å². The number of benzene rings is 1. The van der Waals surface area contributed by atoms with Gasteiger partial charge in [0, 0.05) is 31.8 Å². The predicted octanol–water partition coefficient (Wildman–Crippen LogP) is 2.19. The van der Waals surface area contributed by atoms with Crippen molar-refractivity contribution in [3.63, 3.8) is 0 Å². The molecule has 1 aromatic carbocycles. The number of aromatic nitrogens is 4. The molecule has 9 heteroatoms. The van der Waals surface area contributed by atoms with Gasteiger partial charge in [0.05, 0.1) is 5.69 Å². The van der Waals surface area contributed by atoms with Crippen molar-refractivity contribution >= 4 is 29.0 Å². The SMILES string of the molecule is C[C@H]1C2C[C@@]1(NC(=O)c1nnc(Cc3ccccc3)s1)C(=O)N(C)c1nccnc12. The zero-order valence-electron chi connectivity index (χ0n) is 16.6. The van der Waals surface area contributed by atoms with Crippen molar-refractivity contribution in [2.75, 3.05) is 11.9 Å². The lowest BCUT2D eigenvalue weighted by molar-refractivity contribution is -0.131. The lowest BCUT2D eigenvalue weighted by Gasteiger charge is -2.50. The van der Waals surface area contributed by atoms with Gasteiger partial charge < -0.3 is 5.32 Å². The molecule has 4 heterocycles. The molecular formula is C21H20N6O2S. The molecule has 2 amide bonds. The molecule has 30 heavy (non-hydrogen) atoms. The molecule has 8 nitrogen and oxygen atoms in total. The third-order valence-electron chi connectivity index (χ3n) is 6.18. The van der Waals surface area contributed by atoms with Crippen LogP contribution < -0.4 is 10.2 Å². The number of fused-ring (bicyclic) bond motifs is 1. The molecule has 3 aliphatic rings. The molecule has 1 N–H and O–H groups in total. The number of carbonyl (C=O) groups excluding carboxylic acids is 2. The molecule has 1 fully saturated rings. The highest BCUT2D eigenvalue weighted by Crippen LogP contribution is 2.54. The number of likely N-dealkylation sites (N-methyl/N-ethyl adjacent to an activating group) is 1. The van der Waals surface area contributed by atoms with E-state index in [2.05, 4.69) is 25.5 Å². The van der Waals surface area contributed by atoms with Gasteiger partial charge in [0.25, 0.3) is 11.8 Å². The summed E-state index contributed by atoms with van der Waals surface area (Å²) in [6.45, 7) is 1.98. The Kier molecular flexibility index (Phi) is 4.35. The molecule has 2 aromatic heterocycles. The zero-order valence-corrected chi connectivity index (χ0v) is 17.4. The smallest absolute Gasteiger partial charge is 0.283 e. The van der Waals surface area contributed by atoms with Crippen LogP contribution in [0.25, 0.3) is 0 Å². The van der Waals surface area contributed by atoms with Crippen molar-refractivity contribution in [1.82, 2.24) is 25.5 Å². The van der Waals surface area contributed by atoms with E-state index in [1.54, 1.807) is 19.4 Å². The molecular weight excluding hydrogens is 400 g/mol. The third-order valence-corrected chi connectivity index (χ3v) is 7.10. The van der Waals surface area contributed by atoms with Crippen molar-refractivity contribution in [1.29, 1.82) is 0 Å². The van der Waals surface area contributed by atoms with Gasteiger partial charge >= 0.3 is 0 Å². The van der Waals surface area contributed by atoms with E-state index >= 15 is 0 Å². The highest BCUT2D eigenvalue weighted by Gasteiger charge is 2.62. The Bertz CT molecular complexity index is 1130. The lowest BCUT2D eigenvalue weighted by atomic mass is 9.58. The fraction of sp³-hybridized carbons (Fsp3) is 0.333. The van der Waals surface area contributed by atoms with Crippen molar-refractivity contribution in [3.05, 3.63) is 64.0 Å². The van der Waals surface area contributed by atoms with E-state index < -0.39 is 5.54 Å². The Morgan fingerprint density at radius 2 is 2.00 bits per heavy atom. The van der Waals surface area contributed by atoms with Crippen LogP contribution in [-0.4, -0.2) is 44.6 Å². The maximum Gasteiger partial charge on any atom is 0.283 e. The molecule has 3 aromatic rings. The first-order valence-corrected chi connectivity index (χ1v) is 10.6. The molecule has 1 unspecified atom stereocenters. The van der Waals surface area contributed by atoms with Gasteiger partial charge in [-0.15, -0.1) is 10.2 Å². The van der Waals surface area contributed by atoms with Crippen LogP contribution in [0.3, 0.4) is 0 Å². The van der Waals surface area contributed by atoms with E-state index in [4.69, 9.17) is 0 Å². The molecule has 152 valence electrons. The Hall–Kier alpha value is -3.20. The first-order valence-electron chi connectivity index (χ1n) is 9.77. The van der Waals surface area contributed by atoms with Gasteiger partial charge in [-0.05, 0) is 17.9 Å². The number of rotatable bonds is 4. The van der Waals surface area contributed by atoms with Crippen LogP contribution in [0.1, 0.15) is 45.3 Å². The van der Waals surface area contributed by atoms with Gasteiger partial charge in [0.2, 0.25) is 5.01 Å². The minimum absolute atomic E-state index is 0.0750. The lowest BCUT2D eigenvalue weighted by Crippen LogP contribution is -2.68. The quantitative estimate of drug-likeness (QED) is 0.694. The number of hydrogen-bond donors (Lipinski definition) is 1. The van der Waals surface area contributed by atoms with Crippen molar-refractivity contribution in [3.8, 4) is 0 Å². The Labute approximate surface area is 177 Å². The first-order chi connectivity index (χ1) is 14.5. The molecule has 0 spiro atoms. The minimum atomic E-state index is -0.982. The zero-order chi connectivity index (χ0) is 20.9. The van der Waals surface area contributed by atoms with Crippen LogP contribution in [0, 0.1) is 5.92 Å². The average Bonchev–Trinajstić information content (AvgIpc) is 3.19. The highest BCUT2D eigenvalue weighted by atomic mass is 32.1. The molecule has 6 rings (SSSR count). The summed E-state index contributed by atoms with van der Waals surface area (Å²) < 4.78 is 0. The van der Waals surface area contributed by atoms with E-state index in [0.29, 0.717) is 18.7 Å². The van der Waals surface area contributed by atoms with Crippen LogP contribution in [0.2, 0.25) is 0 Å². The maximum atomic E-state index is 13.3. The van der Waals surface area contributed by atoms with Crippen LogP contribution in [0.5, 0.6) is 0 Å². The summed E-state index contributed by atoms with van der Waals surface area (Å²) in [5.74, 6) is 0.00432. The van der Waals surface area contributed by atoms with Gasteiger partial charge in [-0.1, -0.05) is 48.6 Å². The van der Waals surface area contributed by atoms with Gasteiger partial charge in [0.15, 0.2) is 5.82 Å². The normalized spacial score (nSPS) is 24.6. The molecule has 1 aliphatic carbocycles. The van der Waals surface area contributed by atoms with Crippen molar-refractivity contribution in [2.24, 2.45) is 5.92 Å². The molecule has 2 bridgehead atoms. The fourth-order valence-corrected chi connectivity index (χ4v) is 5.20. The van der Waals surface area contributed by atoms with Gasteiger partial charge in [-0.2, -0.15) is 0 Å². The topological polar surface area (TPSA) is 101 Å². The molecule has 0 radical (unpaired) electrons. The Balaban J connectivity index is 1.37. The van der Waals surface area contributed by atoms with E-state index in [1.165, 1.54) is 16.2 Å². The summed E-state index contributed by atoms with van der Waals surface area (Å²) in [7, 11) is 1.68. The van der Waals surface area contributed by atoms with Crippen molar-refractivity contribution < 1.29 is 9.59 Å². The second-order valence-corrected chi connectivity index (χ2v) is 8.88. The number of hydrogen-bond acceptors (Lipinski definition) is 7. The average molecular weight is 420 g/mol. The standard InChI is InChI=1S/C21H20N6O2S/c1-12-14-11-21(12,20(29)27(2)17-16(14)22-8-9-23-17)24-18(28)19-26-25-15(30-19)10-13-6-4-3-5-7-13/h3-9,12,14H,10-11H2,1-2H3,(H,24,28)/t12-,14?,21-/m0/s1. The Morgan fingerprint density at radius 1 is 1.23 bits per heavy atom.